The van der Waals surface area contributed by atoms with E-state index in [4.69, 9.17) is 4.98 Å². The quantitative estimate of drug-likeness (QED) is 0.729. The molecule has 1 fully saturated rings. The Hall–Kier alpha value is -3.22. The van der Waals surface area contributed by atoms with Gasteiger partial charge in [0.15, 0.2) is 0 Å². The van der Waals surface area contributed by atoms with Crippen LogP contribution >= 0.6 is 0 Å². The second kappa shape index (κ2) is 6.99. The Morgan fingerprint density at radius 1 is 1.10 bits per heavy atom. The van der Waals surface area contributed by atoms with E-state index in [9.17, 15) is 14.0 Å². The molecule has 2 amide bonds. The summed E-state index contributed by atoms with van der Waals surface area (Å²) >= 11 is 0. The van der Waals surface area contributed by atoms with Gasteiger partial charge in [-0.3, -0.25) is 19.1 Å². The normalized spacial score (nSPS) is 19.1. The zero-order valence-corrected chi connectivity index (χ0v) is 15.8. The molecule has 1 aromatic heterocycles. The standard InChI is InChI=1S/C22H21FN4O2/c23-14-9-11-15(12-10-14)24-20(28)13-19-21(29)26(16-5-1-2-6-16)22-25-17-7-3-4-8-18(17)27(19)22/h3-4,7-12,16,19H,1-2,5-6,13H2,(H,24,28)/t19-/m1/s1. The Bertz CT molecular complexity index is 1090. The minimum Gasteiger partial charge on any atom is -0.326 e. The maximum absolute atomic E-state index is 13.3. The molecule has 3 aromatic rings. The first-order valence-electron chi connectivity index (χ1n) is 9.97. The fourth-order valence-corrected chi connectivity index (χ4v) is 4.48. The first kappa shape index (κ1) is 17.8. The monoisotopic (exact) mass is 392 g/mol. The predicted octanol–water partition coefficient (Wildman–Crippen LogP) is 4.03. The van der Waals surface area contributed by atoms with Gasteiger partial charge in [-0.05, 0) is 49.2 Å². The van der Waals surface area contributed by atoms with Crippen molar-refractivity contribution >= 4 is 34.5 Å². The number of fused-ring (bicyclic) bond motifs is 3. The fourth-order valence-electron chi connectivity index (χ4n) is 4.48. The Kier molecular flexibility index (Phi) is 4.30. The number of carbonyl (C=O) groups excluding carboxylic acids is 2. The van der Waals surface area contributed by atoms with Gasteiger partial charge in [0.2, 0.25) is 11.9 Å². The van der Waals surface area contributed by atoms with Gasteiger partial charge in [-0.15, -0.1) is 0 Å². The lowest BCUT2D eigenvalue weighted by molar-refractivity contribution is -0.125. The molecule has 7 heteroatoms. The van der Waals surface area contributed by atoms with Crippen LogP contribution in [0.5, 0.6) is 0 Å². The molecule has 1 aliphatic heterocycles. The average molecular weight is 392 g/mol. The molecule has 1 saturated carbocycles. The third kappa shape index (κ3) is 3.06. The van der Waals surface area contributed by atoms with Crippen LogP contribution in [0.15, 0.2) is 48.5 Å². The van der Waals surface area contributed by atoms with Gasteiger partial charge in [0.25, 0.3) is 5.91 Å². The number of nitrogens with zero attached hydrogens (tertiary/aromatic N) is 3. The van der Waals surface area contributed by atoms with Crippen LogP contribution in [-0.2, 0) is 9.59 Å². The second-order valence-corrected chi connectivity index (χ2v) is 7.69. The number of anilines is 2. The number of hydrogen-bond acceptors (Lipinski definition) is 3. The van der Waals surface area contributed by atoms with Gasteiger partial charge >= 0.3 is 0 Å². The Morgan fingerprint density at radius 2 is 1.83 bits per heavy atom. The molecule has 6 nitrogen and oxygen atoms in total. The molecular weight excluding hydrogens is 371 g/mol. The lowest BCUT2D eigenvalue weighted by Crippen LogP contribution is -2.38. The van der Waals surface area contributed by atoms with E-state index in [0.717, 1.165) is 36.7 Å². The van der Waals surface area contributed by atoms with E-state index in [1.165, 1.54) is 24.3 Å². The summed E-state index contributed by atoms with van der Waals surface area (Å²) in [5.74, 6) is -0.0789. The van der Waals surface area contributed by atoms with Crippen LogP contribution in [0.1, 0.15) is 38.1 Å². The number of halogens is 1. The summed E-state index contributed by atoms with van der Waals surface area (Å²) in [4.78, 5) is 32.5. The zero-order valence-electron chi connectivity index (χ0n) is 15.8. The van der Waals surface area contributed by atoms with Gasteiger partial charge in [0.1, 0.15) is 11.9 Å². The lowest BCUT2D eigenvalue weighted by Gasteiger charge is -2.22. The molecule has 1 N–H and O–H groups in total. The molecule has 0 unspecified atom stereocenters. The molecule has 5 rings (SSSR count). The number of nitrogens with one attached hydrogen (secondary N) is 1. The van der Waals surface area contributed by atoms with Crippen LogP contribution in [0.4, 0.5) is 16.0 Å². The van der Waals surface area contributed by atoms with Crippen molar-refractivity contribution in [3.63, 3.8) is 0 Å². The summed E-state index contributed by atoms with van der Waals surface area (Å²) in [6, 6.07) is 12.8. The molecule has 0 radical (unpaired) electrons. The maximum Gasteiger partial charge on any atom is 0.253 e. The molecule has 0 bridgehead atoms. The number of aromatic nitrogens is 2. The van der Waals surface area contributed by atoms with Crippen LogP contribution in [0.3, 0.4) is 0 Å². The molecule has 0 saturated heterocycles. The number of imidazole rings is 1. The van der Waals surface area contributed by atoms with E-state index >= 15 is 0 Å². The molecule has 1 atom stereocenters. The number of para-hydroxylation sites is 2. The predicted molar refractivity (Wildman–Crippen MR) is 108 cm³/mol. The van der Waals surface area contributed by atoms with Gasteiger partial charge in [-0.1, -0.05) is 25.0 Å². The summed E-state index contributed by atoms with van der Waals surface area (Å²) in [6.07, 6.45) is 4.13. The summed E-state index contributed by atoms with van der Waals surface area (Å²) < 4.78 is 15.0. The third-order valence-corrected chi connectivity index (χ3v) is 5.82. The zero-order chi connectivity index (χ0) is 20.0. The SMILES string of the molecule is O=C(C[C@@H]1C(=O)N(C2CCCC2)c2nc3ccccc3n21)Nc1ccc(F)cc1. The summed E-state index contributed by atoms with van der Waals surface area (Å²) in [5, 5.41) is 2.76. The third-order valence-electron chi connectivity index (χ3n) is 5.82. The van der Waals surface area contributed by atoms with Gasteiger partial charge in [-0.25, -0.2) is 9.37 Å². The highest BCUT2D eigenvalue weighted by Crippen LogP contribution is 2.40. The maximum atomic E-state index is 13.3. The van der Waals surface area contributed by atoms with Gasteiger partial charge < -0.3 is 5.32 Å². The molecule has 2 aliphatic rings. The van der Waals surface area contributed by atoms with E-state index in [0.29, 0.717) is 11.6 Å². The Morgan fingerprint density at radius 3 is 2.59 bits per heavy atom. The molecule has 29 heavy (non-hydrogen) atoms. The molecule has 1 aliphatic carbocycles. The topological polar surface area (TPSA) is 67.2 Å². The van der Waals surface area contributed by atoms with Crippen molar-refractivity contribution < 1.29 is 14.0 Å². The van der Waals surface area contributed by atoms with Crippen molar-refractivity contribution in [2.75, 3.05) is 10.2 Å². The molecule has 2 heterocycles. The minimum absolute atomic E-state index is 0.00673. The number of benzene rings is 2. The van der Waals surface area contributed by atoms with Crippen LogP contribution in [0.25, 0.3) is 11.0 Å². The number of rotatable bonds is 4. The smallest absolute Gasteiger partial charge is 0.253 e. The molecular formula is C22H21FN4O2. The highest BCUT2D eigenvalue weighted by molar-refractivity contribution is 6.05. The first-order valence-corrected chi connectivity index (χ1v) is 9.97. The number of hydrogen-bond donors (Lipinski definition) is 1. The fraction of sp³-hybridized carbons (Fsp3) is 0.318. The van der Waals surface area contributed by atoms with Crippen molar-refractivity contribution in [2.24, 2.45) is 0 Å². The van der Waals surface area contributed by atoms with E-state index in [-0.39, 0.29) is 30.1 Å². The second-order valence-electron chi connectivity index (χ2n) is 7.69. The van der Waals surface area contributed by atoms with E-state index in [2.05, 4.69) is 5.32 Å². The van der Waals surface area contributed by atoms with Crippen LogP contribution in [0.2, 0.25) is 0 Å². The van der Waals surface area contributed by atoms with Crippen LogP contribution in [0, 0.1) is 5.82 Å². The van der Waals surface area contributed by atoms with Crippen molar-refractivity contribution in [1.29, 1.82) is 0 Å². The van der Waals surface area contributed by atoms with Crippen molar-refractivity contribution in [3.8, 4) is 0 Å². The van der Waals surface area contributed by atoms with Gasteiger partial charge in [0.05, 0.1) is 17.5 Å². The summed E-state index contributed by atoms with van der Waals surface area (Å²) in [7, 11) is 0. The van der Waals surface area contributed by atoms with E-state index in [1.54, 1.807) is 0 Å². The average Bonchev–Trinajstić information content (AvgIpc) is 3.41. The Balaban J connectivity index is 1.47. The van der Waals surface area contributed by atoms with Gasteiger partial charge in [-0.2, -0.15) is 0 Å². The molecule has 0 spiro atoms. The van der Waals surface area contributed by atoms with Crippen molar-refractivity contribution in [2.45, 2.75) is 44.2 Å². The molecule has 148 valence electrons. The first-order chi connectivity index (χ1) is 14.1. The Labute approximate surface area is 167 Å². The van der Waals surface area contributed by atoms with E-state index < -0.39 is 6.04 Å². The van der Waals surface area contributed by atoms with Crippen LogP contribution in [-0.4, -0.2) is 27.4 Å². The number of carbonyl (C=O) groups is 2. The summed E-state index contributed by atoms with van der Waals surface area (Å²) in [6.45, 7) is 0. The number of amides is 2. The highest BCUT2D eigenvalue weighted by Gasteiger charge is 2.44. The summed E-state index contributed by atoms with van der Waals surface area (Å²) in [5.41, 5.74) is 2.18. The largest absolute Gasteiger partial charge is 0.326 e. The van der Waals surface area contributed by atoms with Crippen molar-refractivity contribution in [1.82, 2.24) is 9.55 Å². The van der Waals surface area contributed by atoms with Crippen molar-refractivity contribution in [3.05, 3.63) is 54.3 Å². The highest BCUT2D eigenvalue weighted by atomic mass is 19.1. The minimum atomic E-state index is -0.626. The van der Waals surface area contributed by atoms with Crippen LogP contribution < -0.4 is 10.2 Å². The lowest BCUT2D eigenvalue weighted by atomic mass is 10.1. The molecule has 2 aromatic carbocycles. The van der Waals surface area contributed by atoms with E-state index in [1.807, 2.05) is 33.7 Å². The van der Waals surface area contributed by atoms with Gasteiger partial charge in [0, 0.05) is 11.7 Å².